The number of benzene rings is 1. The van der Waals surface area contributed by atoms with Gasteiger partial charge in [-0.25, -0.2) is 0 Å². The standard InChI is InChI=1S/C16H26.C9H18O/c1-6-13(4)15-8-7-9-16(11-15)14(5)10-12(2)3;1-8(2)10-9-6-4-3-5-7-9/h7-9,11-14H,6,10H2,1-5H3;8-9H,3-7H2,1-2H3. The Labute approximate surface area is 163 Å². The van der Waals surface area contributed by atoms with Gasteiger partial charge in [0, 0.05) is 0 Å². The van der Waals surface area contributed by atoms with E-state index in [0.29, 0.717) is 24.0 Å². The average molecular weight is 361 g/mol. The van der Waals surface area contributed by atoms with Crippen LogP contribution in [-0.4, -0.2) is 12.2 Å². The summed E-state index contributed by atoms with van der Waals surface area (Å²) >= 11 is 0. The molecule has 1 aromatic carbocycles. The maximum atomic E-state index is 5.69. The molecule has 0 spiro atoms. The van der Waals surface area contributed by atoms with Crippen molar-refractivity contribution >= 4 is 0 Å². The quantitative estimate of drug-likeness (QED) is 0.477. The highest BCUT2D eigenvalue weighted by Gasteiger charge is 2.14. The third kappa shape index (κ3) is 9.21. The molecule has 1 aliphatic carbocycles. The molecule has 1 fully saturated rings. The van der Waals surface area contributed by atoms with E-state index in [4.69, 9.17) is 4.74 Å². The zero-order chi connectivity index (χ0) is 19.5. The van der Waals surface area contributed by atoms with Crippen molar-refractivity contribution in [2.45, 2.75) is 117 Å². The fourth-order valence-corrected chi connectivity index (χ4v) is 3.84. The highest BCUT2D eigenvalue weighted by molar-refractivity contribution is 5.28. The van der Waals surface area contributed by atoms with Crippen LogP contribution in [0.15, 0.2) is 24.3 Å². The van der Waals surface area contributed by atoms with Crippen LogP contribution in [0.2, 0.25) is 0 Å². The van der Waals surface area contributed by atoms with Gasteiger partial charge in [0.1, 0.15) is 0 Å². The van der Waals surface area contributed by atoms with E-state index in [-0.39, 0.29) is 0 Å². The zero-order valence-electron chi connectivity index (χ0n) is 18.6. The van der Waals surface area contributed by atoms with Crippen LogP contribution in [0.5, 0.6) is 0 Å². The number of hydrogen-bond donors (Lipinski definition) is 0. The molecule has 2 atom stereocenters. The maximum absolute atomic E-state index is 5.69. The first-order chi connectivity index (χ1) is 12.3. The third-order valence-electron chi connectivity index (χ3n) is 5.50. The lowest BCUT2D eigenvalue weighted by Crippen LogP contribution is -2.20. The summed E-state index contributed by atoms with van der Waals surface area (Å²) < 4.78 is 5.69. The van der Waals surface area contributed by atoms with Gasteiger partial charge in [-0.1, -0.05) is 78.1 Å². The van der Waals surface area contributed by atoms with E-state index in [2.05, 4.69) is 72.7 Å². The lowest BCUT2D eigenvalue weighted by Gasteiger charge is -2.23. The Balaban J connectivity index is 0.000000289. The van der Waals surface area contributed by atoms with Crippen LogP contribution in [0.1, 0.15) is 116 Å². The molecule has 1 nitrogen and oxygen atoms in total. The smallest absolute Gasteiger partial charge is 0.0578 e. The van der Waals surface area contributed by atoms with E-state index in [1.807, 2.05) is 0 Å². The molecule has 1 heteroatoms. The second-order valence-electron chi connectivity index (χ2n) is 8.95. The number of ether oxygens (including phenoxy) is 1. The fraction of sp³-hybridized carbons (Fsp3) is 0.760. The third-order valence-corrected chi connectivity index (χ3v) is 5.50. The predicted octanol–water partition coefficient (Wildman–Crippen LogP) is 8.09. The molecule has 0 aromatic heterocycles. The van der Waals surface area contributed by atoms with Crippen molar-refractivity contribution in [1.82, 2.24) is 0 Å². The Morgan fingerprint density at radius 3 is 1.96 bits per heavy atom. The molecule has 1 aromatic rings. The van der Waals surface area contributed by atoms with E-state index in [9.17, 15) is 0 Å². The van der Waals surface area contributed by atoms with Crippen molar-refractivity contribution in [3.63, 3.8) is 0 Å². The number of hydrogen-bond acceptors (Lipinski definition) is 1. The van der Waals surface area contributed by atoms with E-state index in [1.54, 1.807) is 0 Å². The van der Waals surface area contributed by atoms with Crippen LogP contribution in [0, 0.1) is 5.92 Å². The highest BCUT2D eigenvalue weighted by Crippen LogP contribution is 2.27. The van der Waals surface area contributed by atoms with Gasteiger partial charge in [-0.15, -0.1) is 0 Å². The van der Waals surface area contributed by atoms with E-state index in [1.165, 1.54) is 56.1 Å². The molecule has 0 heterocycles. The summed E-state index contributed by atoms with van der Waals surface area (Å²) in [6.45, 7) is 15.8. The van der Waals surface area contributed by atoms with Gasteiger partial charge in [-0.3, -0.25) is 0 Å². The van der Waals surface area contributed by atoms with Gasteiger partial charge < -0.3 is 4.74 Å². The SMILES string of the molecule is CC(C)OC1CCCCC1.CCC(C)c1cccc(C(C)CC(C)C)c1. The van der Waals surface area contributed by atoms with Crippen LogP contribution in [-0.2, 0) is 4.74 Å². The Kier molecular flexibility index (Phi) is 11.2. The lowest BCUT2D eigenvalue weighted by atomic mass is 9.89. The van der Waals surface area contributed by atoms with Crippen LogP contribution < -0.4 is 0 Å². The summed E-state index contributed by atoms with van der Waals surface area (Å²) in [6, 6.07) is 9.16. The van der Waals surface area contributed by atoms with Crippen molar-refractivity contribution in [2.75, 3.05) is 0 Å². The van der Waals surface area contributed by atoms with Crippen LogP contribution in [0.4, 0.5) is 0 Å². The molecule has 0 bridgehead atoms. The van der Waals surface area contributed by atoms with Crippen molar-refractivity contribution in [2.24, 2.45) is 5.92 Å². The number of rotatable bonds is 7. The first-order valence-corrected chi connectivity index (χ1v) is 11.1. The molecule has 150 valence electrons. The minimum atomic E-state index is 0.420. The molecule has 2 rings (SSSR count). The Morgan fingerprint density at radius 2 is 1.46 bits per heavy atom. The van der Waals surface area contributed by atoms with Gasteiger partial charge in [0.25, 0.3) is 0 Å². The van der Waals surface area contributed by atoms with E-state index >= 15 is 0 Å². The van der Waals surface area contributed by atoms with Crippen molar-refractivity contribution in [3.8, 4) is 0 Å². The van der Waals surface area contributed by atoms with Crippen LogP contribution >= 0.6 is 0 Å². The molecular weight excluding hydrogens is 316 g/mol. The second-order valence-corrected chi connectivity index (χ2v) is 8.95. The molecule has 0 radical (unpaired) electrons. The topological polar surface area (TPSA) is 9.23 Å². The lowest BCUT2D eigenvalue weighted by molar-refractivity contribution is -0.0117. The minimum absolute atomic E-state index is 0.420. The molecule has 0 saturated heterocycles. The minimum Gasteiger partial charge on any atom is -0.376 e. The first kappa shape index (κ1) is 23.2. The van der Waals surface area contributed by atoms with Gasteiger partial charge in [0.05, 0.1) is 12.2 Å². The summed E-state index contributed by atoms with van der Waals surface area (Å²) in [7, 11) is 0. The molecule has 0 amide bonds. The summed E-state index contributed by atoms with van der Waals surface area (Å²) in [4.78, 5) is 0. The van der Waals surface area contributed by atoms with Crippen molar-refractivity contribution < 1.29 is 4.74 Å². The maximum Gasteiger partial charge on any atom is 0.0578 e. The highest BCUT2D eigenvalue weighted by atomic mass is 16.5. The van der Waals surface area contributed by atoms with Gasteiger partial charge in [-0.05, 0) is 68.4 Å². The van der Waals surface area contributed by atoms with E-state index in [0.717, 1.165) is 5.92 Å². The second kappa shape index (κ2) is 12.5. The monoisotopic (exact) mass is 360 g/mol. The van der Waals surface area contributed by atoms with Gasteiger partial charge >= 0.3 is 0 Å². The van der Waals surface area contributed by atoms with Gasteiger partial charge in [-0.2, -0.15) is 0 Å². The molecule has 2 unspecified atom stereocenters. The zero-order valence-corrected chi connectivity index (χ0v) is 18.6. The summed E-state index contributed by atoms with van der Waals surface area (Å²) in [5.41, 5.74) is 3.00. The predicted molar refractivity (Wildman–Crippen MR) is 116 cm³/mol. The summed E-state index contributed by atoms with van der Waals surface area (Å²) in [5, 5.41) is 0. The van der Waals surface area contributed by atoms with Crippen LogP contribution in [0.25, 0.3) is 0 Å². The normalized spacial score (nSPS) is 17.7. The van der Waals surface area contributed by atoms with Gasteiger partial charge in [0.15, 0.2) is 0 Å². The Hall–Kier alpha value is -0.820. The Bertz CT molecular complexity index is 471. The molecular formula is C25H44O. The van der Waals surface area contributed by atoms with Crippen LogP contribution in [0.3, 0.4) is 0 Å². The van der Waals surface area contributed by atoms with Crippen molar-refractivity contribution in [1.29, 1.82) is 0 Å². The first-order valence-electron chi connectivity index (χ1n) is 11.1. The summed E-state index contributed by atoms with van der Waals surface area (Å²) in [5.74, 6) is 2.15. The average Bonchev–Trinajstić information content (AvgIpc) is 2.61. The van der Waals surface area contributed by atoms with E-state index < -0.39 is 0 Å². The Morgan fingerprint density at radius 1 is 0.885 bits per heavy atom. The largest absolute Gasteiger partial charge is 0.376 e. The van der Waals surface area contributed by atoms with Gasteiger partial charge in [0.2, 0.25) is 0 Å². The molecule has 26 heavy (non-hydrogen) atoms. The molecule has 1 saturated carbocycles. The fourth-order valence-electron chi connectivity index (χ4n) is 3.84. The molecule has 0 aliphatic heterocycles. The van der Waals surface area contributed by atoms with Crippen molar-refractivity contribution in [3.05, 3.63) is 35.4 Å². The summed E-state index contributed by atoms with van der Waals surface area (Å²) in [6.07, 6.45) is 10.2. The molecule has 1 aliphatic rings. The molecule has 0 N–H and O–H groups in total.